The average Bonchev–Trinajstić information content (AvgIpc) is 3.45. The van der Waals surface area contributed by atoms with Gasteiger partial charge < -0.3 is 25.4 Å². The molecule has 3 aliphatic heterocycles. The van der Waals surface area contributed by atoms with E-state index >= 15 is 0 Å². The molecule has 1 aromatic carbocycles. The van der Waals surface area contributed by atoms with E-state index in [1.54, 1.807) is 0 Å². The number of fused-ring (bicyclic) bond motifs is 1. The summed E-state index contributed by atoms with van der Waals surface area (Å²) in [7, 11) is 0. The van der Waals surface area contributed by atoms with Crippen LogP contribution in [0.25, 0.3) is 0 Å². The van der Waals surface area contributed by atoms with Crippen molar-refractivity contribution < 1.29 is 24.2 Å². The van der Waals surface area contributed by atoms with Crippen molar-refractivity contribution in [3.63, 3.8) is 0 Å². The molecule has 0 saturated carbocycles. The predicted octanol–water partition coefficient (Wildman–Crippen LogP) is 2.47. The molecule has 1 aromatic rings. The molecule has 3 amide bonds. The first kappa shape index (κ1) is 24.7. The van der Waals surface area contributed by atoms with Crippen LogP contribution in [-0.2, 0) is 19.1 Å². The lowest BCUT2D eigenvalue weighted by Crippen LogP contribution is -2.58. The van der Waals surface area contributed by atoms with E-state index in [-0.39, 0.29) is 24.3 Å². The lowest BCUT2D eigenvalue weighted by molar-refractivity contribution is -0.150. The number of hydrogen-bond donors (Lipinski definition) is 3. The third kappa shape index (κ3) is 3.71. The summed E-state index contributed by atoms with van der Waals surface area (Å²) in [5.41, 5.74) is -1.19. The van der Waals surface area contributed by atoms with Crippen LogP contribution in [0.4, 0.5) is 5.69 Å². The molecule has 34 heavy (non-hydrogen) atoms. The maximum Gasteiger partial charge on any atom is 0.245 e. The highest BCUT2D eigenvalue weighted by Crippen LogP contribution is 2.64. The number of hydrogen-bond acceptors (Lipinski definition) is 5. The Balaban J connectivity index is 1.73. The van der Waals surface area contributed by atoms with Crippen molar-refractivity contribution in [3.05, 3.63) is 30.3 Å². The number of likely N-dealkylation sites (tertiary alicyclic amines) is 1. The molecule has 0 radical (unpaired) electrons. The fourth-order valence-electron chi connectivity index (χ4n) is 6.39. The Hall–Kier alpha value is -2.45. The fourth-order valence-corrected chi connectivity index (χ4v) is 6.39. The second-order valence-electron chi connectivity index (χ2n) is 9.82. The SMILES string of the molecule is CCCCNC(=O)C1N([C@@H](CC)CO)C(=O)[C@@H]2[C@H](C(=O)Nc3ccccc3)[C@]3(CC)CCC12O3. The Labute approximate surface area is 201 Å². The number of nitrogens with one attached hydrogen (secondary N) is 2. The summed E-state index contributed by atoms with van der Waals surface area (Å²) in [6.45, 7) is 6.18. The Morgan fingerprint density at radius 2 is 1.91 bits per heavy atom. The minimum Gasteiger partial charge on any atom is -0.394 e. The molecule has 3 heterocycles. The third-order valence-corrected chi connectivity index (χ3v) is 8.10. The number of aliphatic hydroxyl groups is 1. The Bertz CT molecular complexity index is 920. The van der Waals surface area contributed by atoms with E-state index in [4.69, 9.17) is 4.74 Å². The molecule has 186 valence electrons. The van der Waals surface area contributed by atoms with Crippen LogP contribution in [0.5, 0.6) is 0 Å². The van der Waals surface area contributed by atoms with Crippen molar-refractivity contribution in [2.45, 2.75) is 82.6 Å². The first-order valence-corrected chi connectivity index (χ1v) is 12.7. The first-order chi connectivity index (χ1) is 16.4. The molecule has 8 nitrogen and oxygen atoms in total. The van der Waals surface area contributed by atoms with Gasteiger partial charge in [0.15, 0.2) is 0 Å². The number of nitrogens with zero attached hydrogens (tertiary/aromatic N) is 1. The highest BCUT2D eigenvalue weighted by molar-refractivity contribution is 6.02. The smallest absolute Gasteiger partial charge is 0.245 e. The van der Waals surface area contributed by atoms with Crippen molar-refractivity contribution in [1.29, 1.82) is 0 Å². The van der Waals surface area contributed by atoms with Crippen LogP contribution in [0.2, 0.25) is 0 Å². The normalized spacial score (nSPS) is 32.5. The van der Waals surface area contributed by atoms with Gasteiger partial charge in [-0.25, -0.2) is 0 Å². The molecule has 8 heteroatoms. The van der Waals surface area contributed by atoms with E-state index in [9.17, 15) is 19.5 Å². The summed E-state index contributed by atoms with van der Waals surface area (Å²) >= 11 is 0. The summed E-state index contributed by atoms with van der Waals surface area (Å²) in [5.74, 6) is -2.23. The zero-order valence-electron chi connectivity index (χ0n) is 20.4. The Kier molecular flexibility index (Phi) is 7.01. The molecule has 6 atom stereocenters. The van der Waals surface area contributed by atoms with Gasteiger partial charge in [-0.3, -0.25) is 14.4 Å². The molecule has 3 fully saturated rings. The highest BCUT2D eigenvalue weighted by atomic mass is 16.5. The van der Waals surface area contributed by atoms with Crippen LogP contribution in [-0.4, -0.2) is 64.2 Å². The predicted molar refractivity (Wildman–Crippen MR) is 128 cm³/mol. The number of aliphatic hydroxyl groups excluding tert-OH is 1. The maximum absolute atomic E-state index is 14.0. The Morgan fingerprint density at radius 3 is 2.53 bits per heavy atom. The van der Waals surface area contributed by atoms with Gasteiger partial charge in [0.2, 0.25) is 17.7 Å². The van der Waals surface area contributed by atoms with Gasteiger partial charge in [0.25, 0.3) is 0 Å². The largest absolute Gasteiger partial charge is 0.394 e. The van der Waals surface area contributed by atoms with Crippen LogP contribution in [0, 0.1) is 11.8 Å². The molecule has 1 spiro atoms. The average molecular weight is 472 g/mol. The Morgan fingerprint density at radius 1 is 1.18 bits per heavy atom. The lowest BCUT2D eigenvalue weighted by Gasteiger charge is -2.37. The number of rotatable bonds is 10. The lowest BCUT2D eigenvalue weighted by atomic mass is 9.65. The van der Waals surface area contributed by atoms with Crippen molar-refractivity contribution in [2.75, 3.05) is 18.5 Å². The van der Waals surface area contributed by atoms with Gasteiger partial charge in [-0.15, -0.1) is 0 Å². The fraction of sp³-hybridized carbons (Fsp3) is 0.654. The van der Waals surface area contributed by atoms with E-state index in [2.05, 4.69) is 10.6 Å². The van der Waals surface area contributed by atoms with E-state index in [0.29, 0.717) is 37.9 Å². The second-order valence-corrected chi connectivity index (χ2v) is 9.82. The summed E-state index contributed by atoms with van der Waals surface area (Å²) < 4.78 is 6.71. The molecule has 3 N–H and O–H groups in total. The molecule has 0 aliphatic carbocycles. The second kappa shape index (κ2) is 9.66. The van der Waals surface area contributed by atoms with Crippen molar-refractivity contribution in [3.8, 4) is 0 Å². The highest BCUT2D eigenvalue weighted by Gasteiger charge is 2.79. The number of amides is 3. The molecule has 3 aliphatic rings. The van der Waals surface area contributed by atoms with Gasteiger partial charge in [-0.05, 0) is 44.2 Å². The quantitative estimate of drug-likeness (QED) is 0.455. The van der Waals surface area contributed by atoms with Crippen molar-refractivity contribution >= 4 is 23.4 Å². The molecular weight excluding hydrogens is 434 g/mol. The number of ether oxygens (including phenoxy) is 1. The van der Waals surface area contributed by atoms with E-state index < -0.39 is 35.1 Å². The zero-order valence-corrected chi connectivity index (χ0v) is 20.4. The number of carbonyl (C=O) groups is 3. The summed E-state index contributed by atoms with van der Waals surface area (Å²) in [5, 5.41) is 16.0. The first-order valence-electron chi connectivity index (χ1n) is 12.7. The minimum absolute atomic E-state index is 0.246. The zero-order chi connectivity index (χ0) is 24.5. The summed E-state index contributed by atoms with van der Waals surface area (Å²) in [6, 6.07) is 7.82. The molecule has 3 saturated heterocycles. The maximum atomic E-state index is 14.0. The number of para-hydroxylation sites is 1. The van der Waals surface area contributed by atoms with E-state index in [1.165, 1.54) is 4.90 Å². The van der Waals surface area contributed by atoms with Crippen molar-refractivity contribution in [1.82, 2.24) is 10.2 Å². The molecule has 2 unspecified atom stereocenters. The molecule has 0 aromatic heterocycles. The van der Waals surface area contributed by atoms with Crippen LogP contribution < -0.4 is 10.6 Å². The third-order valence-electron chi connectivity index (χ3n) is 8.10. The van der Waals surface area contributed by atoms with Gasteiger partial charge in [-0.1, -0.05) is 45.4 Å². The van der Waals surface area contributed by atoms with Crippen LogP contribution in [0.1, 0.15) is 59.3 Å². The van der Waals surface area contributed by atoms with Gasteiger partial charge >= 0.3 is 0 Å². The van der Waals surface area contributed by atoms with Gasteiger partial charge in [-0.2, -0.15) is 0 Å². The van der Waals surface area contributed by atoms with Crippen LogP contribution in [0.3, 0.4) is 0 Å². The number of unbranched alkanes of at least 4 members (excludes halogenated alkanes) is 1. The van der Waals surface area contributed by atoms with Crippen molar-refractivity contribution in [2.24, 2.45) is 11.8 Å². The molecular formula is C26H37N3O5. The molecule has 4 rings (SSSR count). The van der Waals surface area contributed by atoms with Gasteiger partial charge in [0.05, 0.1) is 30.1 Å². The number of carbonyl (C=O) groups excluding carboxylic acids is 3. The van der Waals surface area contributed by atoms with Gasteiger partial charge in [0.1, 0.15) is 11.6 Å². The number of benzene rings is 1. The van der Waals surface area contributed by atoms with E-state index in [1.807, 2.05) is 51.1 Å². The standard InChI is InChI=1S/C26H37N3O5/c1-4-7-15-27-23(32)21-26-14-13-25(6-3,34-26)19(22(31)28-17-11-9-8-10-12-17)20(26)24(33)29(21)18(5-2)16-30/h8-12,18-21,30H,4-7,13-16H2,1-3H3,(H,27,32)(H,28,31)/t18-,19+,20-,21?,25-,26?/m0/s1. The topological polar surface area (TPSA) is 108 Å². The van der Waals surface area contributed by atoms with Gasteiger partial charge in [0, 0.05) is 12.2 Å². The van der Waals surface area contributed by atoms with Crippen LogP contribution >= 0.6 is 0 Å². The van der Waals surface area contributed by atoms with Crippen LogP contribution in [0.15, 0.2) is 30.3 Å². The monoisotopic (exact) mass is 471 g/mol. The summed E-state index contributed by atoms with van der Waals surface area (Å²) in [4.78, 5) is 42.7. The number of anilines is 1. The minimum atomic E-state index is -1.06. The summed E-state index contributed by atoms with van der Waals surface area (Å²) in [6.07, 6.45) is 4.00. The van der Waals surface area contributed by atoms with E-state index in [0.717, 1.165) is 12.8 Å². The molecule has 2 bridgehead atoms.